The molecule has 0 aliphatic heterocycles. The standard InChI is InChI=1S/C22H24Si/c1-15-13-17-9-5-7-11-19(17)21(15)23(3,4)22-16(2)14-18-10-6-8-12-20(18)22/h5-7,9-10,12-14H,8,11H2,1-4H3. The fraction of sp³-hybridized carbons (Fsp3) is 0.273. The molecule has 0 N–H and O–H groups in total. The van der Waals surface area contributed by atoms with Crippen LogP contribution in [0.4, 0.5) is 0 Å². The van der Waals surface area contributed by atoms with E-state index < -0.39 is 8.07 Å². The largest absolute Gasteiger partial charge is 0.114 e. The topological polar surface area (TPSA) is 0 Å². The number of allylic oxidation sites excluding steroid dienone is 16. The van der Waals surface area contributed by atoms with Crippen molar-refractivity contribution in [1.29, 1.82) is 0 Å². The van der Waals surface area contributed by atoms with E-state index in [2.05, 4.69) is 75.5 Å². The van der Waals surface area contributed by atoms with Crippen LogP contribution in [0, 0.1) is 0 Å². The Hall–Kier alpha value is -1.86. The van der Waals surface area contributed by atoms with Gasteiger partial charge in [-0.15, -0.1) is 0 Å². The van der Waals surface area contributed by atoms with Crippen LogP contribution in [0.15, 0.2) is 92.4 Å². The van der Waals surface area contributed by atoms with E-state index in [0.717, 1.165) is 12.8 Å². The third kappa shape index (κ3) is 2.10. The molecule has 0 fully saturated rings. The van der Waals surface area contributed by atoms with Gasteiger partial charge in [0.25, 0.3) is 0 Å². The second-order valence-electron chi connectivity index (χ2n) is 7.47. The molecular weight excluding hydrogens is 292 g/mol. The van der Waals surface area contributed by atoms with Crippen LogP contribution in [0.25, 0.3) is 0 Å². The minimum Gasteiger partial charge on any atom is -0.0801 e. The maximum absolute atomic E-state index is 2.54. The number of hydrogen-bond donors (Lipinski definition) is 0. The lowest BCUT2D eigenvalue weighted by atomic mass is 10.0. The van der Waals surface area contributed by atoms with Crippen molar-refractivity contribution in [1.82, 2.24) is 0 Å². The van der Waals surface area contributed by atoms with Crippen LogP contribution in [-0.4, -0.2) is 8.07 Å². The molecule has 0 amide bonds. The second-order valence-corrected chi connectivity index (χ2v) is 11.7. The van der Waals surface area contributed by atoms with Gasteiger partial charge in [-0.3, -0.25) is 0 Å². The van der Waals surface area contributed by atoms with E-state index in [1.54, 1.807) is 16.0 Å². The van der Waals surface area contributed by atoms with E-state index in [0.29, 0.717) is 0 Å². The summed E-state index contributed by atoms with van der Waals surface area (Å²) in [5.41, 5.74) is 8.96. The first-order chi connectivity index (χ1) is 11.0. The highest BCUT2D eigenvalue weighted by Gasteiger charge is 2.40. The van der Waals surface area contributed by atoms with E-state index in [1.165, 1.54) is 27.9 Å². The molecule has 0 atom stereocenters. The van der Waals surface area contributed by atoms with Gasteiger partial charge in [-0.05, 0) is 59.4 Å². The van der Waals surface area contributed by atoms with Gasteiger partial charge in [0.05, 0.1) is 0 Å². The van der Waals surface area contributed by atoms with Gasteiger partial charge in [0.1, 0.15) is 8.07 Å². The molecule has 0 bridgehead atoms. The summed E-state index contributed by atoms with van der Waals surface area (Å²) in [4.78, 5) is 0. The van der Waals surface area contributed by atoms with Crippen LogP contribution >= 0.6 is 0 Å². The molecule has 4 rings (SSSR count). The van der Waals surface area contributed by atoms with Crippen LogP contribution in [0.5, 0.6) is 0 Å². The molecule has 4 aliphatic rings. The first kappa shape index (κ1) is 14.7. The smallest absolute Gasteiger partial charge is 0.0801 e. The fourth-order valence-corrected chi connectivity index (χ4v) is 9.09. The molecule has 0 aromatic heterocycles. The summed E-state index contributed by atoms with van der Waals surface area (Å²) in [7, 11) is -1.72. The predicted molar refractivity (Wildman–Crippen MR) is 103 cm³/mol. The summed E-state index contributed by atoms with van der Waals surface area (Å²) in [5, 5.41) is 3.33. The number of rotatable bonds is 2. The van der Waals surface area contributed by atoms with Crippen LogP contribution in [-0.2, 0) is 0 Å². The normalized spacial score (nSPS) is 22.8. The minimum atomic E-state index is -1.72. The second kappa shape index (κ2) is 5.07. The van der Waals surface area contributed by atoms with E-state index in [-0.39, 0.29) is 0 Å². The molecule has 0 spiro atoms. The van der Waals surface area contributed by atoms with E-state index >= 15 is 0 Å². The molecule has 0 aromatic rings. The zero-order valence-corrected chi connectivity index (χ0v) is 15.5. The number of fused-ring (bicyclic) bond motifs is 2. The molecule has 1 heteroatoms. The van der Waals surface area contributed by atoms with Crippen LogP contribution < -0.4 is 0 Å². The molecule has 116 valence electrons. The van der Waals surface area contributed by atoms with E-state index in [1.807, 2.05) is 0 Å². The Morgan fingerprint density at radius 3 is 2.61 bits per heavy atom. The van der Waals surface area contributed by atoms with Crippen LogP contribution in [0.1, 0.15) is 26.7 Å². The summed E-state index contributed by atoms with van der Waals surface area (Å²) < 4.78 is 0. The fourth-order valence-electron chi connectivity index (χ4n) is 4.80. The number of hydrogen-bond acceptors (Lipinski definition) is 0. The lowest BCUT2D eigenvalue weighted by Crippen LogP contribution is -2.35. The molecule has 0 unspecified atom stereocenters. The van der Waals surface area contributed by atoms with Crippen molar-refractivity contribution in [2.24, 2.45) is 0 Å². The maximum Gasteiger partial charge on any atom is 0.114 e. The molecule has 23 heavy (non-hydrogen) atoms. The van der Waals surface area contributed by atoms with E-state index in [9.17, 15) is 0 Å². The van der Waals surface area contributed by atoms with Gasteiger partial charge in [-0.2, -0.15) is 0 Å². The Bertz CT molecular complexity index is 842. The molecule has 0 nitrogen and oxygen atoms in total. The van der Waals surface area contributed by atoms with Crippen LogP contribution in [0.2, 0.25) is 13.1 Å². The lowest BCUT2D eigenvalue weighted by molar-refractivity contribution is 1.22. The van der Waals surface area contributed by atoms with Gasteiger partial charge >= 0.3 is 0 Å². The van der Waals surface area contributed by atoms with Crippen molar-refractivity contribution in [2.45, 2.75) is 39.8 Å². The Labute approximate surface area is 140 Å². The Morgan fingerprint density at radius 2 is 1.78 bits per heavy atom. The van der Waals surface area contributed by atoms with Gasteiger partial charge < -0.3 is 0 Å². The highest BCUT2D eigenvalue weighted by molar-refractivity contribution is 6.92. The molecular formula is C22H24Si. The molecule has 0 radical (unpaired) electrons. The van der Waals surface area contributed by atoms with Crippen molar-refractivity contribution < 1.29 is 0 Å². The highest BCUT2D eigenvalue weighted by atomic mass is 28.3. The SMILES string of the molecule is CC1=CC2=CC=CCC2=C1[Si](C)(C)C1=C(C)C=C2C=CCC=C21. The van der Waals surface area contributed by atoms with Crippen molar-refractivity contribution in [3.8, 4) is 0 Å². The van der Waals surface area contributed by atoms with Gasteiger partial charge in [0, 0.05) is 0 Å². The molecule has 0 saturated heterocycles. The zero-order valence-electron chi connectivity index (χ0n) is 14.5. The third-order valence-electron chi connectivity index (χ3n) is 5.50. The Balaban J connectivity index is 1.85. The summed E-state index contributed by atoms with van der Waals surface area (Å²) in [6, 6.07) is 0. The molecule has 0 saturated carbocycles. The Morgan fingerprint density at radius 1 is 0.957 bits per heavy atom. The first-order valence-corrected chi connectivity index (χ1v) is 11.6. The summed E-state index contributed by atoms with van der Waals surface area (Å²) in [6.07, 6.45) is 20.8. The van der Waals surface area contributed by atoms with Crippen molar-refractivity contribution in [3.05, 3.63) is 92.4 Å². The van der Waals surface area contributed by atoms with Crippen molar-refractivity contribution >= 4 is 8.07 Å². The highest BCUT2D eigenvalue weighted by Crippen LogP contribution is 2.47. The predicted octanol–water partition coefficient (Wildman–Crippen LogP) is 6.06. The van der Waals surface area contributed by atoms with Gasteiger partial charge in [0.2, 0.25) is 0 Å². The average molecular weight is 317 g/mol. The maximum atomic E-state index is 2.54. The monoisotopic (exact) mass is 316 g/mol. The summed E-state index contributed by atoms with van der Waals surface area (Å²) >= 11 is 0. The van der Waals surface area contributed by atoms with Gasteiger partial charge in [-0.1, -0.05) is 72.8 Å². The summed E-state index contributed by atoms with van der Waals surface area (Å²) in [5.74, 6) is 0. The zero-order chi connectivity index (χ0) is 16.2. The van der Waals surface area contributed by atoms with Crippen molar-refractivity contribution in [2.75, 3.05) is 0 Å². The third-order valence-corrected chi connectivity index (χ3v) is 9.36. The van der Waals surface area contributed by atoms with Crippen molar-refractivity contribution in [3.63, 3.8) is 0 Å². The van der Waals surface area contributed by atoms with Gasteiger partial charge in [-0.25, -0.2) is 0 Å². The molecule has 0 heterocycles. The quantitative estimate of drug-likeness (QED) is 0.543. The first-order valence-electron chi connectivity index (χ1n) is 8.60. The average Bonchev–Trinajstić information content (AvgIpc) is 3.02. The summed E-state index contributed by atoms with van der Waals surface area (Å²) in [6.45, 7) is 9.71. The Kier molecular flexibility index (Phi) is 3.24. The lowest BCUT2D eigenvalue weighted by Gasteiger charge is -2.32. The molecule has 0 aromatic carbocycles. The molecule has 4 aliphatic carbocycles. The van der Waals surface area contributed by atoms with Gasteiger partial charge in [0.15, 0.2) is 0 Å². The van der Waals surface area contributed by atoms with Crippen LogP contribution in [0.3, 0.4) is 0 Å². The minimum absolute atomic E-state index is 1.07. The van der Waals surface area contributed by atoms with E-state index in [4.69, 9.17) is 0 Å².